The van der Waals surface area contributed by atoms with Crippen LogP contribution < -0.4 is 11.5 Å². The fraction of sp³-hybridized carbons (Fsp3) is 0.350. The maximum atomic E-state index is 13.4. The summed E-state index contributed by atoms with van der Waals surface area (Å²) >= 11 is 1.22. The molecule has 0 unspecified atom stereocenters. The number of thiophene rings is 1. The Kier molecular flexibility index (Phi) is 4.47. The van der Waals surface area contributed by atoms with Crippen molar-refractivity contribution >= 4 is 39.0 Å². The Hall–Kier alpha value is -3.05. The van der Waals surface area contributed by atoms with Gasteiger partial charge in [0.2, 0.25) is 0 Å². The summed E-state index contributed by atoms with van der Waals surface area (Å²) in [7, 11) is 0. The van der Waals surface area contributed by atoms with Gasteiger partial charge in [0.15, 0.2) is 0 Å². The van der Waals surface area contributed by atoms with E-state index >= 15 is 0 Å². The lowest BCUT2D eigenvalue weighted by Crippen LogP contribution is -2.47. The third kappa shape index (κ3) is 2.70. The van der Waals surface area contributed by atoms with Crippen LogP contribution in [0.5, 0.6) is 0 Å². The van der Waals surface area contributed by atoms with Crippen molar-refractivity contribution in [3.63, 3.8) is 0 Å². The monoisotopic (exact) mass is 395 g/mol. The number of carbonyl (C=O) groups is 1. The lowest BCUT2D eigenvalue weighted by atomic mass is 9.97. The van der Waals surface area contributed by atoms with Gasteiger partial charge in [-0.3, -0.25) is 4.79 Å². The molecule has 2 atom stereocenters. The minimum Gasteiger partial charge on any atom is -0.464 e. The molecular formula is C20H21N5O2S. The number of furan rings is 1. The fourth-order valence-corrected chi connectivity index (χ4v) is 5.10. The Morgan fingerprint density at radius 2 is 2.07 bits per heavy atom. The lowest BCUT2D eigenvalue weighted by molar-refractivity contribution is 0.0517. The highest BCUT2D eigenvalue weighted by Crippen LogP contribution is 2.43. The minimum absolute atomic E-state index is 0.0947. The van der Waals surface area contributed by atoms with Gasteiger partial charge in [-0.05, 0) is 45.2 Å². The highest BCUT2D eigenvalue weighted by molar-refractivity contribution is 7.21. The third-order valence-corrected chi connectivity index (χ3v) is 6.49. The molecule has 4 heterocycles. The van der Waals surface area contributed by atoms with Crippen LogP contribution in [0.15, 0.2) is 22.8 Å². The average molecular weight is 395 g/mol. The van der Waals surface area contributed by atoms with Gasteiger partial charge in [-0.15, -0.1) is 11.3 Å². The van der Waals surface area contributed by atoms with Gasteiger partial charge in [0.05, 0.1) is 17.5 Å². The first-order valence-electron chi connectivity index (χ1n) is 9.22. The van der Waals surface area contributed by atoms with E-state index in [1.807, 2.05) is 4.90 Å². The smallest absolute Gasteiger partial charge is 0.266 e. The second kappa shape index (κ2) is 6.84. The number of anilines is 2. The molecule has 1 saturated heterocycles. The Balaban J connectivity index is 1.94. The van der Waals surface area contributed by atoms with Crippen LogP contribution in [-0.2, 0) is 0 Å². The predicted molar refractivity (Wildman–Crippen MR) is 110 cm³/mol. The SMILES string of the molecule is C[C@@H]1CCC[C@@H](C)N1C(=O)c1sc2nc(N)c(C#N)c(-c3ccco3)c2c1N. The lowest BCUT2D eigenvalue weighted by Gasteiger charge is -2.38. The van der Waals surface area contributed by atoms with Crippen LogP contribution in [-0.4, -0.2) is 27.9 Å². The second-order valence-corrected chi connectivity index (χ2v) is 8.20. The molecule has 4 rings (SSSR count). The molecule has 28 heavy (non-hydrogen) atoms. The van der Waals surface area contributed by atoms with Crippen molar-refractivity contribution in [3.05, 3.63) is 28.8 Å². The first-order valence-corrected chi connectivity index (χ1v) is 10.0. The largest absolute Gasteiger partial charge is 0.464 e. The van der Waals surface area contributed by atoms with E-state index in [1.165, 1.54) is 17.6 Å². The van der Waals surface area contributed by atoms with Gasteiger partial charge in [-0.25, -0.2) is 4.98 Å². The summed E-state index contributed by atoms with van der Waals surface area (Å²) < 4.78 is 5.52. The molecule has 1 amide bonds. The van der Waals surface area contributed by atoms with Crippen molar-refractivity contribution in [2.45, 2.75) is 45.2 Å². The molecule has 0 saturated carbocycles. The molecule has 1 fully saturated rings. The van der Waals surface area contributed by atoms with E-state index in [2.05, 4.69) is 24.9 Å². The summed E-state index contributed by atoms with van der Waals surface area (Å²) in [6.45, 7) is 4.13. The number of nitrogens with zero attached hydrogens (tertiary/aromatic N) is 3. The molecule has 0 spiro atoms. The highest BCUT2D eigenvalue weighted by Gasteiger charge is 2.33. The Morgan fingerprint density at radius 1 is 1.36 bits per heavy atom. The van der Waals surface area contributed by atoms with Gasteiger partial charge >= 0.3 is 0 Å². The van der Waals surface area contributed by atoms with Crippen LogP contribution in [0.1, 0.15) is 48.3 Å². The molecule has 3 aromatic heterocycles. The molecular weight excluding hydrogens is 374 g/mol. The van der Waals surface area contributed by atoms with E-state index in [9.17, 15) is 10.1 Å². The maximum Gasteiger partial charge on any atom is 0.266 e. The van der Waals surface area contributed by atoms with Crippen LogP contribution >= 0.6 is 11.3 Å². The number of rotatable bonds is 2. The minimum atomic E-state index is -0.0947. The van der Waals surface area contributed by atoms with Crippen molar-refractivity contribution in [1.82, 2.24) is 9.88 Å². The van der Waals surface area contributed by atoms with Crippen LogP contribution in [0.4, 0.5) is 11.5 Å². The quantitative estimate of drug-likeness (QED) is 0.676. The number of hydrogen-bond acceptors (Lipinski definition) is 7. The fourth-order valence-electron chi connectivity index (χ4n) is 4.05. The zero-order valence-electron chi connectivity index (χ0n) is 15.7. The molecule has 144 valence electrons. The molecule has 7 nitrogen and oxygen atoms in total. The Labute approximate surface area is 166 Å². The van der Waals surface area contributed by atoms with Crippen molar-refractivity contribution in [2.24, 2.45) is 0 Å². The topological polar surface area (TPSA) is 122 Å². The summed E-state index contributed by atoms with van der Waals surface area (Å²) in [6, 6.07) is 5.86. The molecule has 8 heteroatoms. The van der Waals surface area contributed by atoms with E-state index in [0.29, 0.717) is 32.1 Å². The predicted octanol–water partition coefficient (Wildman–Crippen LogP) is 4.00. The number of carbonyl (C=O) groups excluding carboxylic acids is 1. The molecule has 0 radical (unpaired) electrons. The molecule has 0 aromatic carbocycles. The second-order valence-electron chi connectivity index (χ2n) is 7.20. The first-order chi connectivity index (χ1) is 13.4. The van der Waals surface area contributed by atoms with Crippen molar-refractivity contribution < 1.29 is 9.21 Å². The van der Waals surface area contributed by atoms with Crippen molar-refractivity contribution in [3.8, 4) is 17.4 Å². The number of nitrogen functional groups attached to an aromatic ring is 2. The first kappa shape index (κ1) is 18.3. The molecule has 0 aliphatic carbocycles. The summed E-state index contributed by atoms with van der Waals surface area (Å²) in [5.74, 6) is 0.475. The van der Waals surface area contributed by atoms with E-state index in [1.54, 1.807) is 12.1 Å². The van der Waals surface area contributed by atoms with E-state index in [-0.39, 0.29) is 29.4 Å². The number of nitrogens with two attached hydrogens (primary N) is 2. The molecule has 1 aliphatic rings. The standard InChI is InChI=1S/C20H21N5O2S/c1-10-5-3-6-11(2)25(10)20(26)17-16(22)15-14(13-7-4-8-27-13)12(9-21)18(23)24-19(15)28-17/h4,7-8,10-11H,3,5-6,22H2,1-2H3,(H2,23,24)/t10-,11-/m1/s1. The van der Waals surface area contributed by atoms with Gasteiger partial charge < -0.3 is 20.8 Å². The molecule has 1 aliphatic heterocycles. The average Bonchev–Trinajstić information content (AvgIpc) is 3.29. The van der Waals surface area contributed by atoms with Crippen LogP contribution in [0, 0.1) is 11.3 Å². The van der Waals surface area contributed by atoms with Crippen molar-refractivity contribution in [2.75, 3.05) is 11.5 Å². The van der Waals surface area contributed by atoms with Gasteiger partial charge in [0, 0.05) is 17.5 Å². The van der Waals surface area contributed by atoms with E-state index in [0.717, 1.165) is 19.3 Å². The number of nitriles is 1. The number of likely N-dealkylation sites (tertiary alicyclic amines) is 1. The Morgan fingerprint density at radius 3 is 2.68 bits per heavy atom. The van der Waals surface area contributed by atoms with E-state index < -0.39 is 0 Å². The number of aromatic nitrogens is 1. The zero-order valence-corrected chi connectivity index (χ0v) is 16.5. The number of pyridine rings is 1. The number of amides is 1. The summed E-state index contributed by atoms with van der Waals surface area (Å²) in [6.07, 6.45) is 4.58. The van der Waals surface area contributed by atoms with Crippen LogP contribution in [0.3, 0.4) is 0 Å². The summed E-state index contributed by atoms with van der Waals surface area (Å²) in [5.41, 5.74) is 13.5. The van der Waals surface area contributed by atoms with Crippen molar-refractivity contribution in [1.29, 1.82) is 5.26 Å². The molecule has 0 bridgehead atoms. The number of hydrogen-bond donors (Lipinski definition) is 2. The number of fused-ring (bicyclic) bond motifs is 1. The van der Waals surface area contributed by atoms with Gasteiger partial charge in [-0.2, -0.15) is 5.26 Å². The number of piperidine rings is 1. The van der Waals surface area contributed by atoms with Gasteiger partial charge in [0.1, 0.15) is 32.9 Å². The molecule has 4 N–H and O–H groups in total. The van der Waals surface area contributed by atoms with Gasteiger partial charge in [-0.1, -0.05) is 0 Å². The zero-order chi connectivity index (χ0) is 20.0. The van der Waals surface area contributed by atoms with Gasteiger partial charge in [0.25, 0.3) is 5.91 Å². The van der Waals surface area contributed by atoms with E-state index in [4.69, 9.17) is 15.9 Å². The Bertz CT molecular complexity index is 1090. The third-order valence-electron chi connectivity index (χ3n) is 5.41. The van der Waals surface area contributed by atoms with Crippen LogP contribution in [0.25, 0.3) is 21.5 Å². The summed E-state index contributed by atoms with van der Waals surface area (Å²) in [5, 5.41) is 10.2. The highest BCUT2D eigenvalue weighted by atomic mass is 32.1. The molecule has 3 aromatic rings. The van der Waals surface area contributed by atoms with Crippen LogP contribution in [0.2, 0.25) is 0 Å². The maximum absolute atomic E-state index is 13.4. The normalized spacial score (nSPS) is 19.7. The summed E-state index contributed by atoms with van der Waals surface area (Å²) in [4.78, 5) is 20.6.